The van der Waals surface area contributed by atoms with E-state index in [1.165, 1.54) is 16.7 Å². The van der Waals surface area contributed by atoms with E-state index in [9.17, 15) is 19.7 Å². The number of amides is 1. The molecule has 3 rings (SSSR count). The van der Waals surface area contributed by atoms with Gasteiger partial charge < -0.3 is 5.73 Å². The van der Waals surface area contributed by atoms with Gasteiger partial charge >= 0.3 is 0 Å². The van der Waals surface area contributed by atoms with Crippen LogP contribution in [0.15, 0.2) is 57.3 Å². The standard InChI is InChI=1S/C19H18N4O4S/c1-11(2)10-22-18(25)13-5-3-4-6-14(13)21-19(22)28-16-8-7-12(17(20)24)9-15(16)23(26)27/h3-9,11H,10H2,1-2H3,(H2,20,24). The van der Waals surface area contributed by atoms with Crippen LogP contribution in [0.5, 0.6) is 0 Å². The molecule has 0 fully saturated rings. The van der Waals surface area contributed by atoms with Gasteiger partial charge in [0.15, 0.2) is 5.16 Å². The molecule has 8 nitrogen and oxygen atoms in total. The van der Waals surface area contributed by atoms with Crippen LogP contribution in [0, 0.1) is 16.0 Å². The van der Waals surface area contributed by atoms with Gasteiger partial charge in [-0.15, -0.1) is 0 Å². The third-order valence-corrected chi connectivity index (χ3v) is 5.08. The van der Waals surface area contributed by atoms with Gasteiger partial charge in [-0.2, -0.15) is 0 Å². The summed E-state index contributed by atoms with van der Waals surface area (Å²) in [4.78, 5) is 40.0. The third-order valence-electron chi connectivity index (χ3n) is 4.02. The van der Waals surface area contributed by atoms with Crippen LogP contribution in [0.3, 0.4) is 0 Å². The fraction of sp³-hybridized carbons (Fsp3) is 0.211. The lowest BCUT2D eigenvalue weighted by atomic mass is 10.2. The summed E-state index contributed by atoms with van der Waals surface area (Å²) in [5.41, 5.74) is 5.32. The van der Waals surface area contributed by atoms with Crippen molar-refractivity contribution >= 4 is 34.3 Å². The molecule has 28 heavy (non-hydrogen) atoms. The van der Waals surface area contributed by atoms with E-state index in [-0.39, 0.29) is 27.6 Å². The second kappa shape index (κ2) is 7.81. The van der Waals surface area contributed by atoms with Crippen LogP contribution < -0.4 is 11.3 Å². The molecule has 144 valence electrons. The normalized spacial score (nSPS) is 11.1. The maximum atomic E-state index is 13.0. The van der Waals surface area contributed by atoms with Crippen LogP contribution in [-0.4, -0.2) is 20.4 Å². The van der Waals surface area contributed by atoms with E-state index in [0.29, 0.717) is 22.6 Å². The molecule has 0 aliphatic carbocycles. The highest BCUT2D eigenvalue weighted by Crippen LogP contribution is 2.34. The number of carbonyl (C=O) groups excluding carboxylic acids is 1. The SMILES string of the molecule is CC(C)Cn1c(Sc2ccc(C(N)=O)cc2[N+](=O)[O-])nc2ccccc2c1=O. The number of benzene rings is 2. The minimum atomic E-state index is -0.750. The van der Waals surface area contributed by atoms with Crippen LogP contribution >= 0.6 is 11.8 Å². The van der Waals surface area contributed by atoms with Crippen molar-refractivity contribution in [2.75, 3.05) is 0 Å². The Morgan fingerprint density at radius 3 is 2.64 bits per heavy atom. The number of carbonyl (C=O) groups is 1. The fourth-order valence-electron chi connectivity index (χ4n) is 2.75. The van der Waals surface area contributed by atoms with E-state index in [1.807, 2.05) is 13.8 Å². The lowest BCUT2D eigenvalue weighted by molar-refractivity contribution is -0.387. The quantitative estimate of drug-likeness (QED) is 0.387. The Hall–Kier alpha value is -3.20. The van der Waals surface area contributed by atoms with Crippen molar-refractivity contribution in [2.24, 2.45) is 11.7 Å². The van der Waals surface area contributed by atoms with E-state index in [1.54, 1.807) is 24.3 Å². The predicted octanol–water partition coefficient (Wildman–Crippen LogP) is 3.21. The van der Waals surface area contributed by atoms with Gasteiger partial charge in [-0.1, -0.05) is 26.0 Å². The number of nitro groups is 1. The lowest BCUT2D eigenvalue weighted by Gasteiger charge is -2.15. The van der Waals surface area contributed by atoms with Crippen LogP contribution in [0.1, 0.15) is 24.2 Å². The third kappa shape index (κ3) is 3.89. The first-order valence-electron chi connectivity index (χ1n) is 8.53. The highest BCUT2D eigenvalue weighted by Gasteiger charge is 2.21. The van der Waals surface area contributed by atoms with Crippen LogP contribution in [-0.2, 0) is 6.54 Å². The molecule has 9 heteroatoms. The zero-order valence-corrected chi connectivity index (χ0v) is 16.1. The molecule has 0 atom stereocenters. The van der Waals surface area contributed by atoms with Crippen LogP contribution in [0.4, 0.5) is 5.69 Å². The molecule has 3 aromatic rings. The summed E-state index contributed by atoms with van der Waals surface area (Å²) in [6.45, 7) is 4.37. The second-order valence-electron chi connectivity index (χ2n) is 6.63. The molecule has 1 heterocycles. The molecule has 0 saturated heterocycles. The Balaban J connectivity index is 2.18. The summed E-state index contributed by atoms with van der Waals surface area (Å²) in [6, 6.07) is 11.0. The van der Waals surface area contributed by atoms with Gasteiger partial charge in [0, 0.05) is 18.2 Å². The van der Waals surface area contributed by atoms with Crippen LogP contribution in [0.25, 0.3) is 10.9 Å². The minimum Gasteiger partial charge on any atom is -0.366 e. The molecule has 0 saturated carbocycles. The van der Waals surface area contributed by atoms with Crippen molar-refractivity contribution in [3.05, 3.63) is 68.5 Å². The maximum Gasteiger partial charge on any atom is 0.284 e. The van der Waals surface area contributed by atoms with Gasteiger partial charge in [-0.05, 0) is 41.9 Å². The monoisotopic (exact) mass is 398 g/mol. The summed E-state index contributed by atoms with van der Waals surface area (Å²) in [6.07, 6.45) is 0. The highest BCUT2D eigenvalue weighted by atomic mass is 32.2. The number of para-hydroxylation sites is 1. The predicted molar refractivity (Wildman–Crippen MR) is 107 cm³/mol. The number of nitro benzene ring substituents is 1. The number of fused-ring (bicyclic) bond motifs is 1. The Morgan fingerprint density at radius 1 is 1.29 bits per heavy atom. The van der Waals surface area contributed by atoms with Gasteiger partial charge in [-0.25, -0.2) is 4.98 Å². The summed E-state index contributed by atoms with van der Waals surface area (Å²) >= 11 is 1.02. The number of aromatic nitrogens is 2. The Bertz CT molecular complexity index is 1140. The van der Waals surface area contributed by atoms with Crippen molar-refractivity contribution in [2.45, 2.75) is 30.4 Å². The fourth-order valence-corrected chi connectivity index (χ4v) is 3.73. The molecular weight excluding hydrogens is 380 g/mol. The largest absolute Gasteiger partial charge is 0.366 e. The summed E-state index contributed by atoms with van der Waals surface area (Å²) in [5, 5.41) is 12.3. The van der Waals surface area contributed by atoms with E-state index in [2.05, 4.69) is 4.98 Å². The highest BCUT2D eigenvalue weighted by molar-refractivity contribution is 7.99. The number of hydrogen-bond donors (Lipinski definition) is 1. The minimum absolute atomic E-state index is 0.0436. The zero-order chi connectivity index (χ0) is 20.4. The molecule has 2 aromatic carbocycles. The molecular formula is C19H18N4O4S. The second-order valence-corrected chi connectivity index (χ2v) is 7.64. The average Bonchev–Trinajstić information content (AvgIpc) is 2.64. The van der Waals surface area contributed by atoms with Crippen molar-refractivity contribution in [3.63, 3.8) is 0 Å². The molecule has 1 amide bonds. The number of rotatable bonds is 6. The Kier molecular flexibility index (Phi) is 5.46. The van der Waals surface area contributed by atoms with Gasteiger partial charge in [-0.3, -0.25) is 24.3 Å². The van der Waals surface area contributed by atoms with E-state index >= 15 is 0 Å². The first-order chi connectivity index (χ1) is 13.3. The summed E-state index contributed by atoms with van der Waals surface area (Å²) in [7, 11) is 0. The molecule has 0 bridgehead atoms. The molecule has 0 radical (unpaired) electrons. The summed E-state index contributed by atoms with van der Waals surface area (Å²) in [5.74, 6) is -0.576. The first-order valence-corrected chi connectivity index (χ1v) is 9.35. The van der Waals surface area contributed by atoms with E-state index in [4.69, 9.17) is 5.73 Å². The average molecular weight is 398 g/mol. The number of nitrogens with two attached hydrogens (primary N) is 1. The number of primary amides is 1. The van der Waals surface area contributed by atoms with Crippen molar-refractivity contribution < 1.29 is 9.72 Å². The molecule has 0 aliphatic rings. The van der Waals surface area contributed by atoms with E-state index in [0.717, 1.165) is 17.8 Å². The molecule has 2 N–H and O–H groups in total. The molecule has 0 aliphatic heterocycles. The van der Waals surface area contributed by atoms with Crippen molar-refractivity contribution in [1.82, 2.24) is 9.55 Å². The Morgan fingerprint density at radius 2 is 2.00 bits per heavy atom. The molecule has 1 aromatic heterocycles. The maximum absolute atomic E-state index is 13.0. The van der Waals surface area contributed by atoms with E-state index < -0.39 is 10.8 Å². The van der Waals surface area contributed by atoms with Gasteiger partial charge in [0.2, 0.25) is 5.91 Å². The molecule has 0 unspecified atom stereocenters. The molecule has 0 spiro atoms. The number of hydrogen-bond acceptors (Lipinski definition) is 6. The first kappa shape index (κ1) is 19.6. The Labute approximate surface area is 164 Å². The van der Waals surface area contributed by atoms with Gasteiger partial charge in [0.1, 0.15) is 0 Å². The van der Waals surface area contributed by atoms with Crippen molar-refractivity contribution in [3.8, 4) is 0 Å². The summed E-state index contributed by atoms with van der Waals surface area (Å²) < 4.78 is 1.53. The topological polar surface area (TPSA) is 121 Å². The van der Waals surface area contributed by atoms with Gasteiger partial charge in [0.05, 0.1) is 20.7 Å². The lowest BCUT2D eigenvalue weighted by Crippen LogP contribution is -2.25. The van der Waals surface area contributed by atoms with Crippen LogP contribution in [0.2, 0.25) is 0 Å². The zero-order valence-electron chi connectivity index (χ0n) is 15.3. The number of nitrogens with zero attached hydrogens (tertiary/aromatic N) is 3. The smallest absolute Gasteiger partial charge is 0.284 e. The van der Waals surface area contributed by atoms with Crippen molar-refractivity contribution in [1.29, 1.82) is 0 Å². The van der Waals surface area contributed by atoms with Gasteiger partial charge in [0.25, 0.3) is 11.2 Å².